The minimum Gasteiger partial charge on any atom is -0.460 e. The molecule has 0 fully saturated rings. The number of alkyl halides is 2. The number of nitrogens with two attached hydrogens (primary N) is 1. The summed E-state index contributed by atoms with van der Waals surface area (Å²) < 4.78 is 37.0. The molecular weight excluding hydrogens is 272 g/mol. The Hall–Kier alpha value is -1.24. The number of esters is 2. The highest BCUT2D eigenvalue weighted by atomic mass is 19.3. The fourth-order valence-corrected chi connectivity index (χ4v) is 1.22. The second kappa shape index (κ2) is 6.03. The molecule has 0 saturated carbocycles. The zero-order valence-electron chi connectivity index (χ0n) is 12.8. The minimum absolute atomic E-state index is 0.886. The van der Waals surface area contributed by atoms with Crippen LogP contribution in [0.4, 0.5) is 8.78 Å². The van der Waals surface area contributed by atoms with Gasteiger partial charge in [0.2, 0.25) is 0 Å². The SMILES string of the molecule is CC(C)(C)OC(=O)CC(F)(F)[C@H](N)C(=O)OC(C)(C)C. The quantitative estimate of drug-likeness (QED) is 0.803. The summed E-state index contributed by atoms with van der Waals surface area (Å²) in [6.45, 7) is 9.25. The summed E-state index contributed by atoms with van der Waals surface area (Å²) in [6.07, 6.45) is -1.27. The second-order valence-corrected chi connectivity index (χ2v) is 6.54. The van der Waals surface area contributed by atoms with E-state index in [-0.39, 0.29) is 0 Å². The Labute approximate surface area is 117 Å². The molecule has 0 rings (SSSR count). The number of carbonyl (C=O) groups is 2. The van der Waals surface area contributed by atoms with Crippen LogP contribution in [0.15, 0.2) is 0 Å². The molecule has 0 amide bonds. The summed E-state index contributed by atoms with van der Waals surface area (Å²) in [5.41, 5.74) is 3.36. The van der Waals surface area contributed by atoms with Crippen molar-refractivity contribution >= 4 is 11.9 Å². The second-order valence-electron chi connectivity index (χ2n) is 6.54. The van der Waals surface area contributed by atoms with Gasteiger partial charge in [0.25, 0.3) is 5.92 Å². The smallest absolute Gasteiger partial charge is 0.329 e. The van der Waals surface area contributed by atoms with Gasteiger partial charge in [-0.3, -0.25) is 9.59 Å². The monoisotopic (exact) mass is 295 g/mol. The van der Waals surface area contributed by atoms with Crippen LogP contribution in [0.1, 0.15) is 48.0 Å². The van der Waals surface area contributed by atoms with Crippen molar-refractivity contribution in [3.63, 3.8) is 0 Å². The molecule has 5 nitrogen and oxygen atoms in total. The highest BCUT2D eigenvalue weighted by molar-refractivity contribution is 5.79. The van der Waals surface area contributed by atoms with Gasteiger partial charge in [-0.05, 0) is 41.5 Å². The zero-order chi connectivity index (χ0) is 16.4. The van der Waals surface area contributed by atoms with E-state index in [2.05, 4.69) is 0 Å². The third-order valence-corrected chi connectivity index (χ3v) is 1.92. The van der Waals surface area contributed by atoms with Crippen molar-refractivity contribution in [3.05, 3.63) is 0 Å². The molecule has 0 bridgehead atoms. The molecule has 1 atom stereocenters. The molecule has 0 aromatic rings. The van der Waals surface area contributed by atoms with Crippen LogP contribution in [0.3, 0.4) is 0 Å². The minimum atomic E-state index is -3.73. The Balaban J connectivity index is 4.71. The van der Waals surface area contributed by atoms with Crippen molar-refractivity contribution in [2.75, 3.05) is 0 Å². The van der Waals surface area contributed by atoms with E-state index in [1.807, 2.05) is 0 Å². The Bertz CT molecular complexity index is 370. The summed E-state index contributed by atoms with van der Waals surface area (Å²) in [6, 6.07) is -2.21. The predicted octanol–water partition coefficient (Wildman–Crippen LogP) is 2.02. The number of hydrogen-bond acceptors (Lipinski definition) is 5. The molecule has 0 spiro atoms. The molecule has 20 heavy (non-hydrogen) atoms. The van der Waals surface area contributed by atoms with Crippen LogP contribution in [0.25, 0.3) is 0 Å². The van der Waals surface area contributed by atoms with Crippen LogP contribution in [-0.4, -0.2) is 35.1 Å². The lowest BCUT2D eigenvalue weighted by Crippen LogP contribution is -2.51. The van der Waals surface area contributed by atoms with E-state index in [4.69, 9.17) is 15.2 Å². The van der Waals surface area contributed by atoms with Gasteiger partial charge in [0, 0.05) is 0 Å². The van der Waals surface area contributed by atoms with Crippen LogP contribution in [0.2, 0.25) is 0 Å². The number of halogens is 2. The van der Waals surface area contributed by atoms with Crippen molar-refractivity contribution in [3.8, 4) is 0 Å². The van der Waals surface area contributed by atoms with Gasteiger partial charge in [0.1, 0.15) is 17.6 Å². The molecule has 0 aliphatic heterocycles. The van der Waals surface area contributed by atoms with Crippen molar-refractivity contribution in [1.29, 1.82) is 0 Å². The maximum Gasteiger partial charge on any atom is 0.329 e. The summed E-state index contributed by atoms with van der Waals surface area (Å²) in [7, 11) is 0. The summed E-state index contributed by atoms with van der Waals surface area (Å²) in [5, 5.41) is 0. The first-order valence-corrected chi connectivity index (χ1v) is 6.22. The van der Waals surface area contributed by atoms with Gasteiger partial charge in [0.05, 0.1) is 0 Å². The van der Waals surface area contributed by atoms with E-state index in [1.165, 1.54) is 20.8 Å². The molecule has 0 aromatic heterocycles. The lowest BCUT2D eigenvalue weighted by molar-refractivity contribution is -0.173. The normalized spacial score (nSPS) is 14.7. The molecule has 0 unspecified atom stereocenters. The summed E-state index contributed by atoms with van der Waals surface area (Å²) in [4.78, 5) is 22.9. The van der Waals surface area contributed by atoms with Crippen LogP contribution < -0.4 is 5.73 Å². The number of hydrogen-bond donors (Lipinski definition) is 1. The third kappa shape index (κ3) is 7.37. The molecule has 0 aromatic carbocycles. The lowest BCUT2D eigenvalue weighted by atomic mass is 10.1. The maximum absolute atomic E-state index is 13.7. The van der Waals surface area contributed by atoms with Gasteiger partial charge in [0.15, 0.2) is 6.04 Å². The van der Waals surface area contributed by atoms with Crippen molar-refractivity contribution < 1.29 is 27.8 Å². The Kier molecular flexibility index (Phi) is 5.66. The molecule has 118 valence electrons. The standard InChI is InChI=1S/C13H23F2NO4/c1-11(2,3)19-8(17)7-13(14,15)9(16)10(18)20-12(4,5)6/h9H,7,16H2,1-6H3/t9-/m1/s1. The molecule has 0 radical (unpaired) electrons. The molecule has 0 heterocycles. The fraction of sp³-hybridized carbons (Fsp3) is 0.846. The topological polar surface area (TPSA) is 78.6 Å². The molecule has 0 saturated heterocycles. The van der Waals surface area contributed by atoms with Crippen molar-refractivity contribution in [2.45, 2.75) is 71.1 Å². The largest absolute Gasteiger partial charge is 0.460 e. The van der Waals surface area contributed by atoms with Gasteiger partial charge >= 0.3 is 11.9 Å². The van der Waals surface area contributed by atoms with Gasteiger partial charge in [-0.25, -0.2) is 8.78 Å². The average Bonchev–Trinajstić information content (AvgIpc) is 2.08. The summed E-state index contributed by atoms with van der Waals surface area (Å²) >= 11 is 0. The molecular formula is C13H23F2NO4. The third-order valence-electron chi connectivity index (χ3n) is 1.92. The van der Waals surface area contributed by atoms with Crippen LogP contribution in [0.5, 0.6) is 0 Å². The lowest BCUT2D eigenvalue weighted by Gasteiger charge is -2.27. The van der Waals surface area contributed by atoms with Gasteiger partial charge < -0.3 is 15.2 Å². The van der Waals surface area contributed by atoms with Crippen LogP contribution >= 0.6 is 0 Å². The fourth-order valence-electron chi connectivity index (χ4n) is 1.22. The summed E-state index contributed by atoms with van der Waals surface area (Å²) in [5.74, 6) is -6.11. The van der Waals surface area contributed by atoms with E-state index >= 15 is 0 Å². The van der Waals surface area contributed by atoms with Gasteiger partial charge in [-0.1, -0.05) is 0 Å². The van der Waals surface area contributed by atoms with Gasteiger partial charge in [-0.2, -0.15) is 0 Å². The van der Waals surface area contributed by atoms with Crippen molar-refractivity contribution in [2.24, 2.45) is 5.73 Å². The Morgan fingerprint density at radius 2 is 1.40 bits per heavy atom. The van der Waals surface area contributed by atoms with Crippen LogP contribution in [-0.2, 0) is 19.1 Å². The zero-order valence-corrected chi connectivity index (χ0v) is 12.8. The highest BCUT2D eigenvalue weighted by Gasteiger charge is 2.46. The molecule has 2 N–H and O–H groups in total. The molecule has 0 aliphatic rings. The van der Waals surface area contributed by atoms with Gasteiger partial charge in [-0.15, -0.1) is 0 Å². The molecule has 7 heteroatoms. The number of ether oxygens (including phenoxy) is 2. The van der Waals surface area contributed by atoms with E-state index in [9.17, 15) is 18.4 Å². The first kappa shape index (κ1) is 18.8. The highest BCUT2D eigenvalue weighted by Crippen LogP contribution is 2.25. The van der Waals surface area contributed by atoms with Crippen molar-refractivity contribution in [1.82, 2.24) is 0 Å². The Morgan fingerprint density at radius 1 is 1.00 bits per heavy atom. The van der Waals surface area contributed by atoms with Crippen LogP contribution in [0, 0.1) is 0 Å². The predicted molar refractivity (Wildman–Crippen MR) is 69.2 cm³/mol. The number of carbonyl (C=O) groups excluding carboxylic acids is 2. The first-order valence-electron chi connectivity index (χ1n) is 6.22. The van der Waals surface area contributed by atoms with E-state index in [0.29, 0.717) is 0 Å². The maximum atomic E-state index is 13.7. The van der Waals surface area contributed by atoms with E-state index < -0.39 is 41.5 Å². The van der Waals surface area contributed by atoms with E-state index in [1.54, 1.807) is 20.8 Å². The average molecular weight is 295 g/mol. The molecule has 0 aliphatic carbocycles. The first-order chi connectivity index (χ1) is 8.64. The Morgan fingerprint density at radius 3 is 1.75 bits per heavy atom. The van der Waals surface area contributed by atoms with E-state index in [0.717, 1.165) is 0 Å². The number of rotatable bonds is 4.